The van der Waals surface area contributed by atoms with Gasteiger partial charge in [0.25, 0.3) is 5.69 Å². The second-order valence-electron chi connectivity index (χ2n) is 6.41. The fourth-order valence-electron chi connectivity index (χ4n) is 3.44. The van der Waals surface area contributed by atoms with Crippen LogP contribution in [0.2, 0.25) is 0 Å². The van der Waals surface area contributed by atoms with Crippen LogP contribution in [0.4, 0.5) is 5.69 Å². The van der Waals surface area contributed by atoms with Gasteiger partial charge in [-0.05, 0) is 18.4 Å². The number of nitrogens with one attached hydrogen (secondary N) is 3. The first-order valence-corrected chi connectivity index (χ1v) is 8.26. The number of H-pyrrole nitrogens is 2. The molecule has 1 aromatic heterocycles. The van der Waals surface area contributed by atoms with Crippen molar-refractivity contribution in [2.24, 2.45) is 5.92 Å². The lowest BCUT2D eigenvalue weighted by Crippen LogP contribution is -2.42. The van der Waals surface area contributed by atoms with E-state index in [0.717, 1.165) is 12.8 Å². The van der Waals surface area contributed by atoms with E-state index < -0.39 is 27.9 Å². The average Bonchev–Trinajstić information content (AvgIpc) is 2.60. The Morgan fingerprint density at radius 3 is 2.62 bits per heavy atom. The van der Waals surface area contributed by atoms with E-state index in [2.05, 4.69) is 15.3 Å². The summed E-state index contributed by atoms with van der Waals surface area (Å²) in [6.07, 6.45) is 3.02. The van der Waals surface area contributed by atoms with Crippen molar-refractivity contribution in [3.63, 3.8) is 0 Å². The summed E-state index contributed by atoms with van der Waals surface area (Å²) < 4.78 is 0. The van der Waals surface area contributed by atoms with Gasteiger partial charge >= 0.3 is 17.1 Å². The molecule has 0 amide bonds. The number of benzene rings is 1. The molecule has 138 valence electrons. The summed E-state index contributed by atoms with van der Waals surface area (Å²) in [4.78, 5) is 49.8. The van der Waals surface area contributed by atoms with Gasteiger partial charge in [0.1, 0.15) is 0 Å². The number of hydrogen-bond acceptors (Lipinski definition) is 6. The topological polar surface area (TPSA) is 158 Å². The van der Waals surface area contributed by atoms with Gasteiger partial charge in [0.2, 0.25) is 0 Å². The van der Waals surface area contributed by atoms with Crippen LogP contribution >= 0.6 is 0 Å². The zero-order valence-electron chi connectivity index (χ0n) is 13.8. The Balaban J connectivity index is 1.96. The Hall–Kier alpha value is -3.01. The zero-order valence-corrected chi connectivity index (χ0v) is 13.8. The van der Waals surface area contributed by atoms with Gasteiger partial charge in [0, 0.05) is 24.7 Å². The number of carboxylic acid groups (broad SMARTS) is 1. The fraction of sp³-hybridized carbons (Fsp3) is 0.438. The first kappa shape index (κ1) is 17.8. The number of carbonyl (C=O) groups is 1. The highest BCUT2D eigenvalue weighted by molar-refractivity contribution is 5.80. The maximum absolute atomic E-state index is 11.6. The van der Waals surface area contributed by atoms with Gasteiger partial charge in [-0.2, -0.15) is 0 Å². The van der Waals surface area contributed by atoms with Crippen LogP contribution in [0.3, 0.4) is 0 Å². The molecule has 2 atom stereocenters. The number of rotatable bonds is 5. The van der Waals surface area contributed by atoms with Crippen molar-refractivity contribution in [2.75, 3.05) is 0 Å². The Kier molecular flexibility index (Phi) is 4.85. The molecule has 0 spiro atoms. The van der Waals surface area contributed by atoms with E-state index in [1.165, 1.54) is 12.1 Å². The van der Waals surface area contributed by atoms with Crippen molar-refractivity contribution in [3.8, 4) is 0 Å². The second kappa shape index (κ2) is 7.08. The maximum atomic E-state index is 11.6. The first-order valence-electron chi connectivity index (χ1n) is 8.26. The Labute approximate surface area is 146 Å². The minimum absolute atomic E-state index is 0.134. The van der Waals surface area contributed by atoms with Crippen molar-refractivity contribution >= 4 is 22.7 Å². The van der Waals surface area contributed by atoms with Crippen LogP contribution in [0.5, 0.6) is 0 Å². The highest BCUT2D eigenvalue weighted by atomic mass is 16.6. The van der Waals surface area contributed by atoms with E-state index in [0.29, 0.717) is 18.4 Å². The summed E-state index contributed by atoms with van der Waals surface area (Å²) >= 11 is 0. The summed E-state index contributed by atoms with van der Waals surface area (Å²) in [5.74, 6) is -1.39. The SMILES string of the molecule is O=C(O)[C@H]1CCCC[C@H]1NCc1cc([N+](=O)[O-])cc2[nH]c(=O)c(=O)[nH]c12. The molecule has 1 heterocycles. The molecule has 0 bridgehead atoms. The number of aliphatic carboxylic acids is 1. The molecule has 4 N–H and O–H groups in total. The number of fused-ring (bicyclic) bond motifs is 1. The average molecular weight is 362 g/mol. The van der Waals surface area contributed by atoms with E-state index in [1.54, 1.807) is 0 Å². The van der Waals surface area contributed by atoms with Crippen molar-refractivity contribution < 1.29 is 14.8 Å². The van der Waals surface area contributed by atoms with Gasteiger partial charge in [0.05, 0.1) is 21.9 Å². The highest BCUT2D eigenvalue weighted by Crippen LogP contribution is 2.26. The lowest BCUT2D eigenvalue weighted by Gasteiger charge is -2.29. The number of nitro benzene ring substituents is 1. The molecule has 1 aliphatic carbocycles. The van der Waals surface area contributed by atoms with Crippen molar-refractivity contribution in [1.29, 1.82) is 0 Å². The summed E-state index contributed by atoms with van der Waals surface area (Å²) in [6.45, 7) is 0.134. The summed E-state index contributed by atoms with van der Waals surface area (Å²) in [6, 6.07) is 2.23. The molecule has 1 fully saturated rings. The molecule has 1 saturated carbocycles. The smallest absolute Gasteiger partial charge is 0.314 e. The predicted octanol–water partition coefficient (Wildman–Crippen LogP) is 0.858. The third-order valence-corrected chi connectivity index (χ3v) is 4.75. The standard InChI is InChI=1S/C16H18N4O6/c21-14-15(22)19-13-8(5-9(20(25)26)6-12(13)18-14)7-17-11-4-2-1-3-10(11)16(23)24/h5-6,10-11,17H,1-4,7H2,(H,18,21)(H,19,22)(H,23,24)/t10-,11+/m0/s1. The molecule has 0 saturated heterocycles. The Morgan fingerprint density at radius 1 is 1.23 bits per heavy atom. The van der Waals surface area contributed by atoms with Gasteiger partial charge in [-0.1, -0.05) is 12.8 Å². The second-order valence-corrected chi connectivity index (χ2v) is 6.41. The number of nitrogens with zero attached hydrogens (tertiary/aromatic N) is 1. The maximum Gasteiger partial charge on any atom is 0.314 e. The lowest BCUT2D eigenvalue weighted by molar-refractivity contribution is -0.384. The fourth-order valence-corrected chi connectivity index (χ4v) is 3.44. The molecule has 26 heavy (non-hydrogen) atoms. The molecular weight excluding hydrogens is 344 g/mol. The summed E-state index contributed by atoms with van der Waals surface area (Å²) in [5, 5.41) is 23.6. The van der Waals surface area contributed by atoms with Gasteiger partial charge < -0.3 is 20.4 Å². The number of hydrogen-bond donors (Lipinski definition) is 4. The normalized spacial score (nSPS) is 20.2. The number of carboxylic acids is 1. The van der Waals surface area contributed by atoms with Crippen LogP contribution in [0.15, 0.2) is 21.7 Å². The minimum Gasteiger partial charge on any atom is -0.481 e. The Morgan fingerprint density at radius 2 is 1.92 bits per heavy atom. The molecule has 0 unspecified atom stereocenters. The van der Waals surface area contributed by atoms with E-state index in [4.69, 9.17) is 0 Å². The van der Waals surface area contributed by atoms with Crippen molar-refractivity contribution in [1.82, 2.24) is 15.3 Å². The van der Waals surface area contributed by atoms with Crippen LogP contribution < -0.4 is 16.4 Å². The molecule has 0 radical (unpaired) electrons. The van der Waals surface area contributed by atoms with Crippen LogP contribution in [-0.4, -0.2) is 32.0 Å². The molecule has 10 nitrogen and oxygen atoms in total. The zero-order chi connectivity index (χ0) is 18.8. The Bertz CT molecular complexity index is 979. The van der Waals surface area contributed by atoms with Gasteiger partial charge in [-0.25, -0.2) is 0 Å². The largest absolute Gasteiger partial charge is 0.481 e. The van der Waals surface area contributed by atoms with Crippen LogP contribution in [0.1, 0.15) is 31.2 Å². The summed E-state index contributed by atoms with van der Waals surface area (Å²) in [7, 11) is 0. The van der Waals surface area contributed by atoms with Crippen molar-refractivity contribution in [3.05, 3.63) is 48.5 Å². The number of aromatic amines is 2. The monoisotopic (exact) mass is 362 g/mol. The number of non-ortho nitro benzene ring substituents is 1. The minimum atomic E-state index is -0.893. The quantitative estimate of drug-likeness (QED) is 0.349. The lowest BCUT2D eigenvalue weighted by atomic mass is 9.84. The molecule has 1 aromatic carbocycles. The summed E-state index contributed by atoms with van der Waals surface area (Å²) in [5.41, 5.74) is -1.12. The number of nitro groups is 1. The molecule has 3 rings (SSSR count). The molecule has 2 aromatic rings. The third kappa shape index (κ3) is 3.49. The van der Waals surface area contributed by atoms with E-state index in [-0.39, 0.29) is 29.3 Å². The predicted molar refractivity (Wildman–Crippen MR) is 92.1 cm³/mol. The van der Waals surface area contributed by atoms with Crippen LogP contribution in [0.25, 0.3) is 11.0 Å². The van der Waals surface area contributed by atoms with Crippen molar-refractivity contribution in [2.45, 2.75) is 38.3 Å². The highest BCUT2D eigenvalue weighted by Gasteiger charge is 2.30. The van der Waals surface area contributed by atoms with E-state index >= 15 is 0 Å². The molecule has 10 heteroatoms. The molecule has 1 aliphatic rings. The van der Waals surface area contributed by atoms with E-state index in [9.17, 15) is 29.6 Å². The van der Waals surface area contributed by atoms with Gasteiger partial charge in [0.15, 0.2) is 0 Å². The van der Waals surface area contributed by atoms with Crippen LogP contribution in [-0.2, 0) is 11.3 Å². The first-order chi connectivity index (χ1) is 12.4. The molecule has 0 aliphatic heterocycles. The van der Waals surface area contributed by atoms with E-state index in [1.807, 2.05) is 0 Å². The van der Waals surface area contributed by atoms with Gasteiger partial charge in [-0.3, -0.25) is 24.5 Å². The third-order valence-electron chi connectivity index (χ3n) is 4.75. The van der Waals surface area contributed by atoms with Crippen LogP contribution in [0, 0.1) is 16.0 Å². The molecular formula is C16H18N4O6. The number of aromatic nitrogens is 2. The van der Waals surface area contributed by atoms with Gasteiger partial charge in [-0.15, -0.1) is 0 Å².